The van der Waals surface area contributed by atoms with E-state index < -0.39 is 0 Å². The Labute approximate surface area is 170 Å². The van der Waals surface area contributed by atoms with Crippen molar-refractivity contribution >= 4 is 11.6 Å². The van der Waals surface area contributed by atoms with Gasteiger partial charge in [-0.2, -0.15) is 0 Å². The van der Waals surface area contributed by atoms with Gasteiger partial charge in [-0.05, 0) is 50.1 Å². The number of carbonyl (C=O) groups is 1. The zero-order valence-electron chi connectivity index (χ0n) is 16.7. The summed E-state index contributed by atoms with van der Waals surface area (Å²) in [6, 6.07) is 23.6. The van der Waals surface area contributed by atoms with Crippen LogP contribution in [0.3, 0.4) is 0 Å². The summed E-state index contributed by atoms with van der Waals surface area (Å²) in [5.74, 6) is 0.425. The van der Waals surface area contributed by atoms with E-state index >= 15 is 0 Å². The van der Waals surface area contributed by atoms with Crippen LogP contribution < -0.4 is 5.32 Å². The second-order valence-corrected chi connectivity index (χ2v) is 7.15. The molecule has 5 heteroatoms. The molecule has 4 rings (SSSR count). The first-order chi connectivity index (χ1) is 14.0. The molecule has 0 spiro atoms. The molecular weight excluding hydrogens is 360 g/mol. The zero-order valence-corrected chi connectivity index (χ0v) is 16.7. The second kappa shape index (κ2) is 7.72. The summed E-state index contributed by atoms with van der Waals surface area (Å²) in [6.45, 7) is 6.06. The lowest BCUT2D eigenvalue weighted by atomic mass is 10.1. The van der Waals surface area contributed by atoms with Crippen LogP contribution >= 0.6 is 0 Å². The minimum Gasteiger partial charge on any atom is -0.319 e. The molecule has 0 saturated carbocycles. The third kappa shape index (κ3) is 3.94. The molecule has 1 N–H and O–H groups in total. The lowest BCUT2D eigenvalue weighted by Crippen LogP contribution is -2.14. The third-order valence-corrected chi connectivity index (χ3v) is 4.74. The van der Waals surface area contributed by atoms with Crippen molar-refractivity contribution < 1.29 is 4.79 Å². The summed E-state index contributed by atoms with van der Waals surface area (Å²) in [5, 5.41) is 7.44. The molecule has 0 aliphatic rings. The lowest BCUT2D eigenvalue weighted by Gasteiger charge is -2.10. The highest BCUT2D eigenvalue weighted by Crippen LogP contribution is 2.24. The average molecular weight is 382 g/mol. The topological polar surface area (TPSA) is 59.8 Å². The molecule has 1 heterocycles. The fourth-order valence-corrected chi connectivity index (χ4v) is 3.12. The van der Waals surface area contributed by atoms with Gasteiger partial charge in [0.15, 0.2) is 5.82 Å². The summed E-state index contributed by atoms with van der Waals surface area (Å²) in [4.78, 5) is 17.4. The number of nitrogens with zero attached hydrogens (tertiary/aromatic N) is 3. The van der Waals surface area contributed by atoms with E-state index in [-0.39, 0.29) is 11.7 Å². The number of hydrogen-bond acceptors (Lipinski definition) is 3. The van der Waals surface area contributed by atoms with Crippen LogP contribution in [-0.2, 0) is 0 Å². The van der Waals surface area contributed by atoms with Crippen LogP contribution in [0.2, 0.25) is 0 Å². The number of amides is 1. The number of carbonyl (C=O) groups excluding carboxylic acids is 1. The van der Waals surface area contributed by atoms with Gasteiger partial charge in [0.1, 0.15) is 0 Å². The van der Waals surface area contributed by atoms with E-state index in [0.717, 1.165) is 27.9 Å². The summed E-state index contributed by atoms with van der Waals surface area (Å²) >= 11 is 0. The molecule has 0 saturated heterocycles. The predicted molar refractivity (Wildman–Crippen MR) is 115 cm³/mol. The van der Waals surface area contributed by atoms with Crippen molar-refractivity contribution in [3.8, 4) is 17.1 Å². The zero-order chi connectivity index (χ0) is 20.4. The normalized spacial score (nSPS) is 10.7. The maximum Gasteiger partial charge on any atom is 0.295 e. The van der Waals surface area contributed by atoms with E-state index in [1.165, 1.54) is 0 Å². The smallest absolute Gasteiger partial charge is 0.295 e. The van der Waals surface area contributed by atoms with Gasteiger partial charge in [-0.15, -0.1) is 5.10 Å². The first kappa shape index (κ1) is 18.6. The lowest BCUT2D eigenvalue weighted by molar-refractivity contribution is 0.101. The molecule has 4 aromatic rings. The van der Waals surface area contributed by atoms with Crippen molar-refractivity contribution in [2.45, 2.75) is 20.8 Å². The number of anilines is 1. The maximum absolute atomic E-state index is 12.8. The van der Waals surface area contributed by atoms with E-state index in [1.807, 2.05) is 81.4 Å². The molecule has 144 valence electrons. The van der Waals surface area contributed by atoms with Crippen LogP contribution in [0.1, 0.15) is 27.3 Å². The van der Waals surface area contributed by atoms with Crippen molar-refractivity contribution in [3.05, 3.63) is 95.3 Å². The van der Waals surface area contributed by atoms with E-state index in [1.54, 1.807) is 4.68 Å². The first-order valence-corrected chi connectivity index (χ1v) is 9.49. The molecule has 1 amide bonds. The van der Waals surface area contributed by atoms with Gasteiger partial charge < -0.3 is 5.32 Å². The quantitative estimate of drug-likeness (QED) is 0.533. The predicted octanol–water partition coefficient (Wildman–Crippen LogP) is 5.11. The second-order valence-electron chi connectivity index (χ2n) is 7.15. The van der Waals surface area contributed by atoms with Crippen LogP contribution in [0.25, 0.3) is 17.1 Å². The number of hydrogen-bond donors (Lipinski definition) is 1. The highest BCUT2D eigenvalue weighted by Gasteiger charge is 2.20. The molecule has 0 atom stereocenters. The Hall–Kier alpha value is -3.73. The van der Waals surface area contributed by atoms with Gasteiger partial charge in [-0.3, -0.25) is 4.79 Å². The van der Waals surface area contributed by atoms with Gasteiger partial charge in [0.25, 0.3) is 5.91 Å². The molecular formula is C24H22N4O. The fraction of sp³-hybridized carbons (Fsp3) is 0.125. The summed E-state index contributed by atoms with van der Waals surface area (Å²) in [7, 11) is 0. The van der Waals surface area contributed by atoms with Gasteiger partial charge in [0.2, 0.25) is 5.82 Å². The van der Waals surface area contributed by atoms with Gasteiger partial charge in [-0.25, -0.2) is 9.67 Å². The van der Waals surface area contributed by atoms with Gasteiger partial charge in [0, 0.05) is 11.3 Å². The molecule has 0 aliphatic carbocycles. The van der Waals surface area contributed by atoms with Gasteiger partial charge in [-0.1, -0.05) is 60.2 Å². The molecule has 1 aromatic heterocycles. The average Bonchev–Trinajstić information content (AvgIpc) is 3.17. The monoisotopic (exact) mass is 382 g/mol. The Morgan fingerprint density at radius 1 is 0.862 bits per heavy atom. The number of aromatic nitrogens is 3. The minimum absolute atomic E-state index is 0.130. The Kier molecular flexibility index (Phi) is 4.96. The van der Waals surface area contributed by atoms with E-state index in [9.17, 15) is 4.79 Å². The molecule has 3 aromatic carbocycles. The Morgan fingerprint density at radius 3 is 2.28 bits per heavy atom. The summed E-state index contributed by atoms with van der Waals surface area (Å²) < 4.78 is 1.75. The highest BCUT2D eigenvalue weighted by atomic mass is 16.2. The molecule has 29 heavy (non-hydrogen) atoms. The van der Waals surface area contributed by atoms with Crippen molar-refractivity contribution in [3.63, 3.8) is 0 Å². The SMILES string of the molecule is Cc1ccc(NC(=O)c2nc(-c3ccccc3)n(-c3cc(C)ccc3C)n2)cc1. The van der Waals surface area contributed by atoms with Crippen molar-refractivity contribution in [1.82, 2.24) is 14.8 Å². The van der Waals surface area contributed by atoms with Crippen molar-refractivity contribution in [2.24, 2.45) is 0 Å². The molecule has 0 radical (unpaired) electrons. The molecule has 5 nitrogen and oxygen atoms in total. The van der Waals surface area contributed by atoms with E-state index in [2.05, 4.69) is 27.5 Å². The molecule has 0 fully saturated rings. The van der Waals surface area contributed by atoms with Crippen molar-refractivity contribution in [1.29, 1.82) is 0 Å². The number of aryl methyl sites for hydroxylation is 3. The Balaban J connectivity index is 1.78. The number of rotatable bonds is 4. The standard InChI is InChI=1S/C24H22N4O/c1-16-10-13-20(14-11-16)25-24(29)22-26-23(19-7-5-4-6-8-19)28(27-22)21-15-17(2)9-12-18(21)3/h4-15H,1-3H3,(H,25,29). The van der Waals surface area contributed by atoms with Gasteiger partial charge in [0.05, 0.1) is 5.69 Å². The third-order valence-electron chi connectivity index (χ3n) is 4.74. The van der Waals surface area contributed by atoms with Crippen LogP contribution in [0, 0.1) is 20.8 Å². The van der Waals surface area contributed by atoms with Crippen LogP contribution in [0.15, 0.2) is 72.8 Å². The van der Waals surface area contributed by atoms with E-state index in [4.69, 9.17) is 0 Å². The van der Waals surface area contributed by atoms with Crippen LogP contribution in [0.5, 0.6) is 0 Å². The molecule has 0 bridgehead atoms. The highest BCUT2D eigenvalue weighted by molar-refractivity contribution is 6.01. The van der Waals surface area contributed by atoms with Crippen LogP contribution in [0.4, 0.5) is 5.69 Å². The molecule has 0 unspecified atom stereocenters. The minimum atomic E-state index is -0.338. The largest absolute Gasteiger partial charge is 0.319 e. The van der Waals surface area contributed by atoms with Gasteiger partial charge >= 0.3 is 0 Å². The first-order valence-electron chi connectivity index (χ1n) is 9.49. The van der Waals surface area contributed by atoms with Crippen molar-refractivity contribution in [2.75, 3.05) is 5.32 Å². The fourth-order valence-electron chi connectivity index (χ4n) is 3.12. The Morgan fingerprint density at radius 2 is 1.55 bits per heavy atom. The maximum atomic E-state index is 12.8. The summed E-state index contributed by atoms with van der Waals surface area (Å²) in [5.41, 5.74) is 5.83. The number of benzene rings is 3. The molecule has 0 aliphatic heterocycles. The van der Waals surface area contributed by atoms with Crippen LogP contribution in [-0.4, -0.2) is 20.7 Å². The Bertz CT molecular complexity index is 1160. The number of nitrogens with one attached hydrogen (secondary N) is 1. The summed E-state index contributed by atoms with van der Waals surface area (Å²) in [6.07, 6.45) is 0. The van der Waals surface area contributed by atoms with E-state index in [0.29, 0.717) is 11.5 Å².